The number of halogens is 1. The van der Waals surface area contributed by atoms with Gasteiger partial charge in [-0.15, -0.1) is 0 Å². The summed E-state index contributed by atoms with van der Waals surface area (Å²) in [7, 11) is 0. The van der Waals surface area contributed by atoms with E-state index in [9.17, 15) is 4.79 Å². The molecule has 112 valence electrons. The summed E-state index contributed by atoms with van der Waals surface area (Å²) in [6.45, 7) is 7.00. The molecule has 22 heavy (non-hydrogen) atoms. The van der Waals surface area contributed by atoms with Gasteiger partial charge in [0.05, 0.1) is 0 Å². The average Bonchev–Trinajstić information content (AvgIpc) is 2.53. The lowest BCUT2D eigenvalue weighted by atomic mass is 9.84. The molecule has 2 nitrogen and oxygen atoms in total. The molecule has 1 amide bonds. The average molecular weight is 312 g/mol. The molecule has 0 saturated carbocycles. The van der Waals surface area contributed by atoms with Crippen LogP contribution in [0.2, 0.25) is 5.02 Å². The molecule has 1 aliphatic rings. The predicted molar refractivity (Wildman–Crippen MR) is 90.1 cm³/mol. The zero-order chi connectivity index (χ0) is 15.7. The predicted octanol–water partition coefficient (Wildman–Crippen LogP) is 4.31. The monoisotopic (exact) mass is 311 g/mol. The van der Waals surface area contributed by atoms with Crippen molar-refractivity contribution in [3.8, 4) is 0 Å². The summed E-state index contributed by atoms with van der Waals surface area (Å²) >= 11 is 6.00. The van der Waals surface area contributed by atoms with Crippen molar-refractivity contribution in [2.75, 3.05) is 6.54 Å². The molecule has 0 spiro atoms. The van der Waals surface area contributed by atoms with E-state index in [1.165, 1.54) is 28.3 Å². The van der Waals surface area contributed by atoms with Crippen molar-refractivity contribution in [1.82, 2.24) is 4.90 Å². The molecular weight excluding hydrogens is 294 g/mol. The van der Waals surface area contributed by atoms with Crippen LogP contribution in [-0.4, -0.2) is 17.4 Å². The van der Waals surface area contributed by atoms with Gasteiger partial charge in [-0.2, -0.15) is 0 Å². The number of nitrogens with zero attached hydrogens (tertiary/aromatic N) is 1. The molecule has 0 radical (unpaired) electrons. The van der Waals surface area contributed by atoms with Crippen LogP contribution in [0.15, 0.2) is 55.1 Å². The minimum atomic E-state index is -0.0221. The molecule has 0 unspecified atom stereocenters. The highest BCUT2D eigenvalue weighted by atomic mass is 35.5. The van der Waals surface area contributed by atoms with Gasteiger partial charge in [0.2, 0.25) is 5.91 Å². The molecule has 0 bridgehead atoms. The van der Waals surface area contributed by atoms with E-state index in [4.69, 9.17) is 11.6 Å². The SMILES string of the molecule is C=CC(=O)N1Cc2cc(C)ccc2[C@@H](c2ccc(Cl)cc2)C1. The molecule has 1 heterocycles. The van der Waals surface area contributed by atoms with E-state index in [1.807, 2.05) is 29.2 Å². The fraction of sp³-hybridized carbons (Fsp3) is 0.211. The molecule has 0 fully saturated rings. The Morgan fingerprint density at radius 1 is 1.27 bits per heavy atom. The summed E-state index contributed by atoms with van der Waals surface area (Å²) in [5, 5.41) is 0.725. The van der Waals surface area contributed by atoms with Crippen molar-refractivity contribution in [2.24, 2.45) is 0 Å². The maximum atomic E-state index is 12.1. The fourth-order valence-electron chi connectivity index (χ4n) is 3.08. The summed E-state index contributed by atoms with van der Waals surface area (Å²) < 4.78 is 0. The van der Waals surface area contributed by atoms with Gasteiger partial charge in [0, 0.05) is 24.0 Å². The third-order valence-electron chi connectivity index (χ3n) is 4.20. The number of rotatable bonds is 2. The second kappa shape index (κ2) is 5.98. The van der Waals surface area contributed by atoms with E-state index >= 15 is 0 Å². The summed E-state index contributed by atoms with van der Waals surface area (Å²) in [5.74, 6) is 0.150. The van der Waals surface area contributed by atoms with Crippen LogP contribution in [0, 0.1) is 6.92 Å². The van der Waals surface area contributed by atoms with Crippen LogP contribution in [0.1, 0.15) is 28.2 Å². The first-order valence-corrected chi connectivity index (χ1v) is 7.72. The topological polar surface area (TPSA) is 20.3 Å². The van der Waals surface area contributed by atoms with Gasteiger partial charge >= 0.3 is 0 Å². The van der Waals surface area contributed by atoms with E-state index in [1.54, 1.807) is 0 Å². The lowest BCUT2D eigenvalue weighted by Gasteiger charge is -2.34. The van der Waals surface area contributed by atoms with Crippen LogP contribution >= 0.6 is 11.6 Å². The van der Waals surface area contributed by atoms with Crippen LogP contribution in [0.4, 0.5) is 0 Å². The molecule has 0 aromatic heterocycles. The Labute approximate surface area is 136 Å². The summed E-state index contributed by atoms with van der Waals surface area (Å²) in [6, 6.07) is 14.4. The van der Waals surface area contributed by atoms with Gasteiger partial charge in [0.1, 0.15) is 0 Å². The van der Waals surface area contributed by atoms with Crippen molar-refractivity contribution in [2.45, 2.75) is 19.4 Å². The van der Waals surface area contributed by atoms with Crippen molar-refractivity contribution < 1.29 is 4.79 Å². The molecule has 1 atom stereocenters. The minimum absolute atomic E-state index is 0.0221. The molecule has 0 saturated heterocycles. The Balaban J connectivity index is 2.06. The number of carbonyl (C=O) groups excluding carboxylic acids is 1. The second-order valence-corrected chi connectivity index (χ2v) is 6.17. The van der Waals surface area contributed by atoms with E-state index in [0.29, 0.717) is 13.1 Å². The van der Waals surface area contributed by atoms with Crippen molar-refractivity contribution in [3.63, 3.8) is 0 Å². The highest BCUT2D eigenvalue weighted by Gasteiger charge is 2.28. The third-order valence-corrected chi connectivity index (χ3v) is 4.45. The van der Waals surface area contributed by atoms with Crippen LogP contribution in [-0.2, 0) is 11.3 Å². The van der Waals surface area contributed by atoms with Crippen LogP contribution in [0.25, 0.3) is 0 Å². The van der Waals surface area contributed by atoms with Crippen molar-refractivity contribution in [1.29, 1.82) is 0 Å². The van der Waals surface area contributed by atoms with E-state index in [0.717, 1.165) is 5.02 Å². The Hall–Kier alpha value is -2.06. The zero-order valence-corrected chi connectivity index (χ0v) is 13.3. The lowest BCUT2D eigenvalue weighted by molar-refractivity contribution is -0.127. The number of fused-ring (bicyclic) bond motifs is 1. The van der Waals surface area contributed by atoms with Crippen LogP contribution < -0.4 is 0 Å². The molecule has 3 heteroatoms. The maximum Gasteiger partial charge on any atom is 0.246 e. The first-order valence-electron chi connectivity index (χ1n) is 7.34. The minimum Gasteiger partial charge on any atom is -0.334 e. The van der Waals surface area contributed by atoms with Crippen molar-refractivity contribution in [3.05, 3.63) is 82.4 Å². The number of hydrogen-bond acceptors (Lipinski definition) is 1. The van der Waals surface area contributed by atoms with E-state index in [2.05, 4.69) is 31.7 Å². The normalized spacial score (nSPS) is 17.0. The standard InChI is InChI=1S/C19H18ClNO/c1-3-19(22)21-11-15-10-13(2)4-9-17(15)18(12-21)14-5-7-16(20)8-6-14/h3-10,18H,1,11-12H2,2H3/t18-/m1/s1. The van der Waals surface area contributed by atoms with E-state index < -0.39 is 0 Å². The summed E-state index contributed by atoms with van der Waals surface area (Å²) in [6.07, 6.45) is 1.39. The van der Waals surface area contributed by atoms with Crippen LogP contribution in [0.3, 0.4) is 0 Å². The zero-order valence-electron chi connectivity index (χ0n) is 12.6. The van der Waals surface area contributed by atoms with Crippen LogP contribution in [0.5, 0.6) is 0 Å². The molecule has 0 aliphatic carbocycles. The first-order chi connectivity index (χ1) is 10.6. The number of carbonyl (C=O) groups is 1. The van der Waals surface area contributed by atoms with E-state index in [-0.39, 0.29) is 11.8 Å². The third kappa shape index (κ3) is 2.79. The van der Waals surface area contributed by atoms with Gasteiger partial charge in [-0.1, -0.05) is 54.1 Å². The Bertz CT molecular complexity index is 721. The number of aryl methyl sites for hydroxylation is 1. The Kier molecular flexibility index (Phi) is 4.04. The second-order valence-electron chi connectivity index (χ2n) is 5.73. The highest BCUT2D eigenvalue weighted by molar-refractivity contribution is 6.30. The summed E-state index contributed by atoms with van der Waals surface area (Å²) in [4.78, 5) is 13.9. The quantitative estimate of drug-likeness (QED) is 0.757. The molecule has 1 aliphatic heterocycles. The largest absolute Gasteiger partial charge is 0.334 e. The van der Waals surface area contributed by atoms with Gasteiger partial charge in [-0.3, -0.25) is 4.79 Å². The summed E-state index contributed by atoms with van der Waals surface area (Å²) in [5.41, 5.74) is 4.89. The lowest BCUT2D eigenvalue weighted by Crippen LogP contribution is -2.37. The van der Waals surface area contributed by atoms with Gasteiger partial charge in [0.15, 0.2) is 0 Å². The van der Waals surface area contributed by atoms with Gasteiger partial charge in [-0.25, -0.2) is 0 Å². The Morgan fingerprint density at radius 2 is 2.00 bits per heavy atom. The van der Waals surface area contributed by atoms with Gasteiger partial charge in [0.25, 0.3) is 0 Å². The van der Waals surface area contributed by atoms with Gasteiger partial charge in [-0.05, 0) is 41.8 Å². The number of benzene rings is 2. The molecule has 2 aromatic carbocycles. The smallest absolute Gasteiger partial charge is 0.246 e. The fourth-order valence-corrected chi connectivity index (χ4v) is 3.20. The Morgan fingerprint density at radius 3 is 2.68 bits per heavy atom. The van der Waals surface area contributed by atoms with Crippen molar-refractivity contribution >= 4 is 17.5 Å². The molecular formula is C19H18ClNO. The molecule has 3 rings (SSSR count). The van der Waals surface area contributed by atoms with Gasteiger partial charge < -0.3 is 4.90 Å². The number of hydrogen-bond donors (Lipinski definition) is 0. The number of amides is 1. The first kappa shape index (κ1) is 14.9. The molecule has 0 N–H and O–H groups in total. The maximum absolute atomic E-state index is 12.1. The highest BCUT2D eigenvalue weighted by Crippen LogP contribution is 2.34. The molecule has 2 aromatic rings.